The largest absolute Gasteiger partial charge is 0.480 e. The lowest BCUT2D eigenvalue weighted by Crippen LogP contribution is -2.03. The minimum Gasteiger partial charge on any atom is -0.480 e. The lowest BCUT2D eigenvalue weighted by Gasteiger charge is -2.06. The van der Waals surface area contributed by atoms with Crippen LogP contribution in [0.1, 0.15) is 28.5 Å². The van der Waals surface area contributed by atoms with E-state index in [1.165, 1.54) is 14.0 Å². The average Bonchev–Trinajstić information content (AvgIpc) is 2.48. The van der Waals surface area contributed by atoms with E-state index in [1.807, 2.05) is 0 Å². The Bertz CT molecular complexity index is 562. The summed E-state index contributed by atoms with van der Waals surface area (Å²) in [5.74, 6) is -0.101. The summed E-state index contributed by atoms with van der Waals surface area (Å²) in [7, 11) is -1.69. The predicted molar refractivity (Wildman–Crippen MR) is 57.1 cm³/mol. The third-order valence-corrected chi connectivity index (χ3v) is 3.92. The van der Waals surface area contributed by atoms with Crippen LogP contribution in [0.25, 0.3) is 0 Å². The van der Waals surface area contributed by atoms with Gasteiger partial charge in [0.25, 0.3) is 0 Å². The van der Waals surface area contributed by atoms with Crippen molar-refractivity contribution in [3.8, 4) is 5.88 Å². The summed E-state index contributed by atoms with van der Waals surface area (Å²) in [5.41, 5.74) is 1.42. The molecule has 0 saturated heterocycles. The highest BCUT2D eigenvalue weighted by molar-refractivity contribution is 7.90. The van der Waals surface area contributed by atoms with Gasteiger partial charge in [-0.15, -0.1) is 0 Å². The summed E-state index contributed by atoms with van der Waals surface area (Å²) >= 11 is 0. The van der Waals surface area contributed by atoms with Gasteiger partial charge in [0.2, 0.25) is 5.88 Å². The molecule has 16 heavy (non-hydrogen) atoms. The van der Waals surface area contributed by atoms with Gasteiger partial charge in [0.15, 0.2) is 15.6 Å². The van der Waals surface area contributed by atoms with Gasteiger partial charge in [0, 0.05) is 0 Å². The van der Waals surface area contributed by atoms with E-state index in [1.54, 1.807) is 6.07 Å². The molecule has 2 heterocycles. The van der Waals surface area contributed by atoms with Crippen LogP contribution < -0.4 is 4.74 Å². The van der Waals surface area contributed by atoms with Crippen molar-refractivity contribution in [1.29, 1.82) is 0 Å². The maximum Gasteiger partial charge on any atom is 0.224 e. The van der Waals surface area contributed by atoms with Crippen LogP contribution in [0.2, 0.25) is 0 Å². The third kappa shape index (κ3) is 1.80. The molecular weight excluding hydrogens is 230 g/mol. The van der Waals surface area contributed by atoms with Crippen LogP contribution in [0.3, 0.4) is 0 Å². The van der Waals surface area contributed by atoms with Crippen LogP contribution in [0.15, 0.2) is 6.07 Å². The van der Waals surface area contributed by atoms with Gasteiger partial charge in [-0.3, -0.25) is 4.79 Å². The molecule has 0 amide bonds. The fraction of sp³-hybridized carbons (Fsp3) is 0.400. The Labute approximate surface area is 93.4 Å². The van der Waals surface area contributed by atoms with Crippen LogP contribution in [-0.4, -0.2) is 26.3 Å². The number of sulfone groups is 1. The molecule has 86 valence electrons. The first kappa shape index (κ1) is 11.1. The summed E-state index contributed by atoms with van der Waals surface area (Å²) in [6.07, 6.45) is 0. The summed E-state index contributed by atoms with van der Waals surface area (Å²) < 4.78 is 27.8. The van der Waals surface area contributed by atoms with Gasteiger partial charge in [0.1, 0.15) is 0 Å². The van der Waals surface area contributed by atoms with Crippen LogP contribution in [0.5, 0.6) is 5.88 Å². The fourth-order valence-corrected chi connectivity index (χ4v) is 3.22. The van der Waals surface area contributed by atoms with Crippen LogP contribution in [0.4, 0.5) is 0 Å². The molecule has 0 bridgehead atoms. The normalized spacial score (nSPS) is 16.9. The molecule has 1 aromatic heterocycles. The second-order valence-electron chi connectivity index (χ2n) is 3.74. The van der Waals surface area contributed by atoms with Crippen LogP contribution in [0, 0.1) is 0 Å². The second kappa shape index (κ2) is 3.55. The maximum atomic E-state index is 11.4. The van der Waals surface area contributed by atoms with Crippen molar-refractivity contribution >= 4 is 15.6 Å². The van der Waals surface area contributed by atoms with Crippen molar-refractivity contribution in [2.24, 2.45) is 0 Å². The monoisotopic (exact) mass is 241 g/mol. The number of nitrogens with zero attached hydrogens (tertiary/aromatic N) is 1. The average molecular weight is 241 g/mol. The zero-order chi connectivity index (χ0) is 11.9. The topological polar surface area (TPSA) is 73.3 Å². The number of aromatic nitrogens is 1. The molecule has 1 aliphatic heterocycles. The molecular formula is C10H11NO4S. The molecule has 5 nitrogen and oxygen atoms in total. The molecule has 0 saturated carbocycles. The van der Waals surface area contributed by atoms with Crippen LogP contribution >= 0.6 is 0 Å². The van der Waals surface area contributed by atoms with Gasteiger partial charge in [-0.2, -0.15) is 0 Å². The number of Topliss-reactive ketones (excluding diaryl/α,β-unsaturated/α-hetero) is 1. The molecule has 0 aromatic carbocycles. The van der Waals surface area contributed by atoms with Crippen molar-refractivity contribution in [2.45, 2.75) is 18.4 Å². The molecule has 6 heteroatoms. The highest BCUT2D eigenvalue weighted by Crippen LogP contribution is 2.28. The zero-order valence-electron chi connectivity index (χ0n) is 8.98. The Kier molecular flexibility index (Phi) is 2.46. The van der Waals surface area contributed by atoms with Crippen molar-refractivity contribution in [3.05, 3.63) is 22.9 Å². The minimum absolute atomic E-state index is 0.0421. The van der Waals surface area contributed by atoms with E-state index in [-0.39, 0.29) is 23.2 Å². The predicted octanol–water partition coefficient (Wildman–Crippen LogP) is 0.721. The summed E-state index contributed by atoms with van der Waals surface area (Å²) in [6.45, 7) is 1.40. The zero-order valence-corrected chi connectivity index (χ0v) is 9.80. The van der Waals surface area contributed by atoms with E-state index >= 15 is 0 Å². The van der Waals surface area contributed by atoms with E-state index < -0.39 is 9.84 Å². The fourth-order valence-electron chi connectivity index (χ4n) is 1.73. The number of carbonyl (C=O) groups excluding carboxylic acids is 1. The number of methoxy groups -OCH3 is 1. The number of carbonyl (C=O) groups is 1. The Morgan fingerprint density at radius 2 is 2.12 bits per heavy atom. The molecule has 2 rings (SSSR count). The Morgan fingerprint density at radius 3 is 2.69 bits per heavy atom. The highest BCUT2D eigenvalue weighted by atomic mass is 32.2. The number of ether oxygens (including phenoxy) is 1. The summed E-state index contributed by atoms with van der Waals surface area (Å²) in [5, 5.41) is 0. The van der Waals surface area contributed by atoms with Gasteiger partial charge in [-0.1, -0.05) is 0 Å². The number of hydrogen-bond donors (Lipinski definition) is 0. The second-order valence-corrected chi connectivity index (χ2v) is 5.80. The van der Waals surface area contributed by atoms with Gasteiger partial charge in [-0.25, -0.2) is 13.4 Å². The Morgan fingerprint density at radius 1 is 1.44 bits per heavy atom. The van der Waals surface area contributed by atoms with E-state index in [0.29, 0.717) is 16.8 Å². The number of fused-ring (bicyclic) bond motifs is 1. The lowest BCUT2D eigenvalue weighted by atomic mass is 10.1. The smallest absolute Gasteiger partial charge is 0.224 e. The van der Waals surface area contributed by atoms with E-state index in [0.717, 1.165) is 0 Å². The first-order chi connectivity index (χ1) is 7.43. The number of rotatable bonds is 2. The number of pyridine rings is 1. The van der Waals surface area contributed by atoms with E-state index in [2.05, 4.69) is 4.98 Å². The van der Waals surface area contributed by atoms with E-state index in [9.17, 15) is 13.2 Å². The van der Waals surface area contributed by atoms with Gasteiger partial charge in [0.05, 0.1) is 29.9 Å². The van der Waals surface area contributed by atoms with Gasteiger partial charge >= 0.3 is 0 Å². The quantitative estimate of drug-likeness (QED) is 0.713. The van der Waals surface area contributed by atoms with Crippen molar-refractivity contribution < 1.29 is 17.9 Å². The highest BCUT2D eigenvalue weighted by Gasteiger charge is 2.28. The minimum atomic E-state index is -3.10. The first-order valence-corrected chi connectivity index (χ1v) is 6.53. The van der Waals surface area contributed by atoms with Crippen molar-refractivity contribution in [3.63, 3.8) is 0 Å². The molecule has 0 atom stereocenters. The summed E-state index contributed by atoms with van der Waals surface area (Å²) in [6, 6.07) is 1.56. The molecule has 0 aliphatic carbocycles. The Balaban J connectivity index is 2.59. The van der Waals surface area contributed by atoms with Crippen molar-refractivity contribution in [2.75, 3.05) is 7.11 Å². The molecule has 1 aliphatic rings. The lowest BCUT2D eigenvalue weighted by molar-refractivity contribution is 0.101. The number of hydrogen-bond acceptors (Lipinski definition) is 5. The molecule has 0 spiro atoms. The van der Waals surface area contributed by atoms with E-state index in [4.69, 9.17) is 4.74 Å². The SMILES string of the molecule is COc1nc2c(cc1C(C)=O)CS(=O)(=O)C2. The number of ketones is 1. The molecule has 0 unspecified atom stereocenters. The Hall–Kier alpha value is -1.43. The van der Waals surface area contributed by atoms with Gasteiger partial charge in [-0.05, 0) is 18.6 Å². The molecule has 0 N–H and O–H groups in total. The molecule has 0 radical (unpaired) electrons. The molecule has 0 fully saturated rings. The standard InChI is InChI=1S/C10H11NO4S/c1-6(12)8-3-7-4-16(13,14)5-9(7)11-10(8)15-2/h3H,4-5H2,1-2H3. The van der Waals surface area contributed by atoms with Gasteiger partial charge < -0.3 is 4.74 Å². The maximum absolute atomic E-state index is 11.4. The molecule has 1 aromatic rings. The summed E-state index contributed by atoms with van der Waals surface area (Å²) in [4.78, 5) is 15.4. The van der Waals surface area contributed by atoms with Crippen molar-refractivity contribution in [1.82, 2.24) is 4.98 Å². The third-order valence-electron chi connectivity index (χ3n) is 2.46. The first-order valence-electron chi connectivity index (χ1n) is 4.71. The van der Waals surface area contributed by atoms with Crippen LogP contribution in [-0.2, 0) is 21.3 Å².